The molecule has 0 radical (unpaired) electrons. The first-order valence-electron chi connectivity index (χ1n) is 6.41. The van der Waals surface area contributed by atoms with Gasteiger partial charge in [0.05, 0.1) is 17.2 Å². The first-order valence-corrected chi connectivity index (χ1v) is 6.41. The van der Waals surface area contributed by atoms with Crippen LogP contribution in [0.3, 0.4) is 0 Å². The molecule has 2 saturated carbocycles. The molecule has 0 unspecified atom stereocenters. The number of imide groups is 1. The number of carbonyl (C=O) groups is 2. The zero-order chi connectivity index (χ0) is 12.4. The molecule has 4 atom stereocenters. The predicted molar refractivity (Wildman–Crippen MR) is 64.9 cm³/mol. The van der Waals surface area contributed by atoms with Gasteiger partial charge in [-0.1, -0.05) is 12.1 Å². The molecule has 2 N–H and O–H groups in total. The number of rotatable bonds is 1. The minimum absolute atomic E-state index is 0.0454. The summed E-state index contributed by atoms with van der Waals surface area (Å²) in [6.45, 7) is 0. The van der Waals surface area contributed by atoms with Crippen LogP contribution in [0.15, 0.2) is 24.3 Å². The summed E-state index contributed by atoms with van der Waals surface area (Å²) in [5, 5.41) is 0. The molecule has 0 aromatic heterocycles. The lowest BCUT2D eigenvalue weighted by molar-refractivity contribution is 0.0555. The summed E-state index contributed by atoms with van der Waals surface area (Å²) >= 11 is 0. The Labute approximate surface area is 105 Å². The molecular formula is C14H14N2O2. The van der Waals surface area contributed by atoms with Crippen molar-refractivity contribution in [1.29, 1.82) is 0 Å². The maximum atomic E-state index is 12.4. The number of hydrogen-bond acceptors (Lipinski definition) is 3. The maximum Gasteiger partial charge on any atom is 0.261 e. The molecule has 18 heavy (non-hydrogen) atoms. The number of amides is 2. The molecule has 1 aliphatic heterocycles. The minimum atomic E-state index is -0.163. The van der Waals surface area contributed by atoms with Crippen molar-refractivity contribution in [3.8, 4) is 0 Å². The quantitative estimate of drug-likeness (QED) is 0.748. The van der Waals surface area contributed by atoms with Gasteiger partial charge in [-0.25, -0.2) is 0 Å². The van der Waals surface area contributed by atoms with Gasteiger partial charge in [0.25, 0.3) is 11.8 Å². The molecule has 4 heteroatoms. The van der Waals surface area contributed by atoms with Gasteiger partial charge in [0.15, 0.2) is 0 Å². The van der Waals surface area contributed by atoms with Crippen molar-refractivity contribution in [2.24, 2.45) is 17.6 Å². The Hall–Kier alpha value is -1.68. The summed E-state index contributed by atoms with van der Waals surface area (Å²) in [6.07, 6.45) is 2.06. The van der Waals surface area contributed by atoms with E-state index in [0.29, 0.717) is 23.0 Å². The Morgan fingerprint density at radius 1 is 1.06 bits per heavy atom. The molecule has 3 aliphatic rings. The molecule has 1 aromatic rings. The largest absolute Gasteiger partial charge is 0.326 e. The third-order valence-electron chi connectivity index (χ3n) is 4.55. The lowest BCUT2D eigenvalue weighted by atomic mass is 10.1. The topological polar surface area (TPSA) is 63.4 Å². The summed E-state index contributed by atoms with van der Waals surface area (Å²) < 4.78 is 0. The van der Waals surface area contributed by atoms with Crippen molar-refractivity contribution in [1.82, 2.24) is 4.90 Å². The second-order valence-corrected chi connectivity index (χ2v) is 5.58. The molecule has 2 fully saturated rings. The normalized spacial score (nSPS) is 36.8. The van der Waals surface area contributed by atoms with E-state index in [1.165, 1.54) is 4.90 Å². The summed E-state index contributed by atoms with van der Waals surface area (Å²) in [7, 11) is 0. The zero-order valence-electron chi connectivity index (χ0n) is 9.87. The summed E-state index contributed by atoms with van der Waals surface area (Å²) in [4.78, 5) is 26.1. The second-order valence-electron chi connectivity index (χ2n) is 5.58. The number of carbonyl (C=O) groups excluding carboxylic acids is 2. The Morgan fingerprint density at radius 3 is 2.17 bits per heavy atom. The highest BCUT2D eigenvalue weighted by Crippen LogP contribution is 2.54. The number of benzene rings is 1. The van der Waals surface area contributed by atoms with Gasteiger partial charge in [-0.15, -0.1) is 0 Å². The number of nitrogens with two attached hydrogens (primary N) is 1. The molecule has 4 nitrogen and oxygen atoms in total. The van der Waals surface area contributed by atoms with E-state index in [9.17, 15) is 9.59 Å². The Bertz CT molecular complexity index is 532. The predicted octanol–water partition coefficient (Wildman–Crippen LogP) is 1.02. The van der Waals surface area contributed by atoms with Crippen LogP contribution in [0.2, 0.25) is 0 Å². The number of nitrogens with zero attached hydrogens (tertiary/aromatic N) is 1. The van der Waals surface area contributed by atoms with E-state index in [0.717, 1.165) is 12.8 Å². The van der Waals surface area contributed by atoms with E-state index < -0.39 is 0 Å². The fraction of sp³-hybridized carbons (Fsp3) is 0.429. The fourth-order valence-electron chi connectivity index (χ4n) is 3.63. The average molecular weight is 242 g/mol. The van der Waals surface area contributed by atoms with Gasteiger partial charge in [0, 0.05) is 6.04 Å². The third kappa shape index (κ3) is 1.13. The van der Waals surface area contributed by atoms with E-state index in [4.69, 9.17) is 5.73 Å². The van der Waals surface area contributed by atoms with Crippen molar-refractivity contribution >= 4 is 11.8 Å². The summed E-state index contributed by atoms with van der Waals surface area (Å²) in [6, 6.07) is 6.91. The minimum Gasteiger partial charge on any atom is -0.326 e. The van der Waals surface area contributed by atoms with Gasteiger partial charge >= 0.3 is 0 Å². The van der Waals surface area contributed by atoms with Gasteiger partial charge in [-0.05, 0) is 36.8 Å². The molecule has 1 aromatic carbocycles. The smallest absolute Gasteiger partial charge is 0.261 e. The highest BCUT2D eigenvalue weighted by molar-refractivity contribution is 6.21. The second kappa shape index (κ2) is 3.20. The summed E-state index contributed by atoms with van der Waals surface area (Å²) in [5.41, 5.74) is 7.15. The Kier molecular flexibility index (Phi) is 1.83. The van der Waals surface area contributed by atoms with Crippen molar-refractivity contribution in [2.45, 2.75) is 24.9 Å². The van der Waals surface area contributed by atoms with E-state index in [1.54, 1.807) is 24.3 Å². The van der Waals surface area contributed by atoms with Crippen LogP contribution in [-0.4, -0.2) is 28.8 Å². The monoisotopic (exact) mass is 242 g/mol. The lowest BCUT2D eigenvalue weighted by Gasteiger charge is -2.27. The maximum absolute atomic E-state index is 12.4. The first-order chi connectivity index (χ1) is 8.68. The van der Waals surface area contributed by atoms with Crippen molar-refractivity contribution in [2.75, 3.05) is 0 Å². The molecular weight excluding hydrogens is 228 g/mol. The molecule has 1 heterocycles. The first kappa shape index (κ1) is 10.3. The van der Waals surface area contributed by atoms with Crippen LogP contribution >= 0.6 is 0 Å². The van der Waals surface area contributed by atoms with Crippen LogP contribution in [0.1, 0.15) is 33.6 Å². The zero-order valence-corrected chi connectivity index (χ0v) is 9.87. The van der Waals surface area contributed by atoms with Gasteiger partial charge in [0.1, 0.15) is 0 Å². The van der Waals surface area contributed by atoms with Crippen LogP contribution in [-0.2, 0) is 0 Å². The highest BCUT2D eigenvalue weighted by Gasteiger charge is 2.58. The molecule has 0 spiro atoms. The van der Waals surface area contributed by atoms with Crippen molar-refractivity contribution in [3.05, 3.63) is 35.4 Å². The number of fused-ring (bicyclic) bond motifs is 2. The SMILES string of the molecule is N[C@H]1C[C@@H]2C[C@H]2[C@H]1N1C(=O)c2ccccc2C1=O. The fourth-order valence-corrected chi connectivity index (χ4v) is 3.63. The van der Waals surface area contributed by atoms with Gasteiger partial charge in [-0.3, -0.25) is 14.5 Å². The van der Waals surface area contributed by atoms with E-state index >= 15 is 0 Å². The Balaban J connectivity index is 1.76. The molecule has 92 valence electrons. The Morgan fingerprint density at radius 2 is 1.67 bits per heavy atom. The third-order valence-corrected chi connectivity index (χ3v) is 4.55. The van der Waals surface area contributed by atoms with Gasteiger partial charge in [0.2, 0.25) is 0 Å². The van der Waals surface area contributed by atoms with Crippen LogP contribution in [0.25, 0.3) is 0 Å². The lowest BCUT2D eigenvalue weighted by Crippen LogP contribution is -2.49. The molecule has 0 saturated heterocycles. The van der Waals surface area contributed by atoms with Crippen molar-refractivity contribution < 1.29 is 9.59 Å². The van der Waals surface area contributed by atoms with Crippen LogP contribution in [0.4, 0.5) is 0 Å². The van der Waals surface area contributed by atoms with Crippen molar-refractivity contribution in [3.63, 3.8) is 0 Å². The van der Waals surface area contributed by atoms with E-state index in [2.05, 4.69) is 0 Å². The van der Waals surface area contributed by atoms with Gasteiger partial charge < -0.3 is 5.73 Å². The molecule has 0 bridgehead atoms. The molecule has 4 rings (SSSR count). The van der Waals surface area contributed by atoms with Crippen LogP contribution in [0, 0.1) is 11.8 Å². The highest BCUT2D eigenvalue weighted by atomic mass is 16.2. The van der Waals surface area contributed by atoms with E-state index in [1.807, 2.05) is 0 Å². The summed E-state index contributed by atoms with van der Waals surface area (Å²) in [5.74, 6) is 0.753. The van der Waals surface area contributed by atoms with E-state index in [-0.39, 0.29) is 23.9 Å². The number of hydrogen-bond donors (Lipinski definition) is 1. The van der Waals surface area contributed by atoms with Crippen LogP contribution in [0.5, 0.6) is 0 Å². The average Bonchev–Trinajstić information content (AvgIpc) is 2.98. The molecule has 2 amide bonds. The van der Waals surface area contributed by atoms with Crippen LogP contribution < -0.4 is 5.73 Å². The van der Waals surface area contributed by atoms with Gasteiger partial charge in [-0.2, -0.15) is 0 Å². The standard InChI is InChI=1S/C14H14N2O2/c15-11-6-7-5-10(7)12(11)16-13(17)8-3-1-2-4-9(8)14(16)18/h1-4,7,10-12H,5-6,15H2/t7-,10+,11-,12+/m0/s1. The molecule has 2 aliphatic carbocycles.